The quantitative estimate of drug-likeness (QED) is 0.802. The summed E-state index contributed by atoms with van der Waals surface area (Å²) in [6.07, 6.45) is 7.23. The van der Waals surface area contributed by atoms with E-state index in [1.807, 2.05) is 40.4 Å². The number of imidazole rings is 1. The number of pyridine rings is 1. The number of fused-ring (bicyclic) bond motifs is 2. The minimum Gasteiger partial charge on any atom is -0.346 e. The number of hydrogen-bond acceptors (Lipinski definition) is 3. The van der Waals surface area contributed by atoms with Gasteiger partial charge < -0.3 is 9.72 Å². The fourth-order valence-electron chi connectivity index (χ4n) is 3.21. The van der Waals surface area contributed by atoms with Crippen LogP contribution in [0.15, 0.2) is 36.0 Å². The first kappa shape index (κ1) is 14.5. The van der Waals surface area contributed by atoms with Crippen molar-refractivity contribution in [2.24, 2.45) is 5.92 Å². The van der Waals surface area contributed by atoms with Crippen LogP contribution in [0.4, 0.5) is 0 Å². The highest BCUT2D eigenvalue weighted by atomic mass is 32.1. The van der Waals surface area contributed by atoms with Crippen LogP contribution in [-0.2, 0) is 19.4 Å². The molecule has 1 atom stereocenters. The molecule has 1 N–H and O–H groups in total. The number of rotatable bonds is 3. The Balaban J connectivity index is 1.48. The lowest BCUT2D eigenvalue weighted by atomic mass is 9.88. The van der Waals surface area contributed by atoms with Gasteiger partial charge in [-0.3, -0.25) is 4.79 Å². The second kappa shape index (κ2) is 5.81. The summed E-state index contributed by atoms with van der Waals surface area (Å²) in [5.41, 5.74) is 3.90. The number of carbonyl (C=O) groups is 1. The first-order valence-electron chi connectivity index (χ1n) is 8.01. The van der Waals surface area contributed by atoms with Gasteiger partial charge in [-0.15, -0.1) is 11.3 Å². The molecule has 0 bridgehead atoms. The Kier molecular flexibility index (Phi) is 3.65. The summed E-state index contributed by atoms with van der Waals surface area (Å²) in [4.78, 5) is 18.4. The monoisotopic (exact) mass is 325 g/mol. The molecule has 3 aromatic rings. The van der Waals surface area contributed by atoms with Crippen LogP contribution in [-0.4, -0.2) is 15.3 Å². The predicted molar refractivity (Wildman–Crippen MR) is 91.9 cm³/mol. The topological polar surface area (TPSA) is 46.4 Å². The van der Waals surface area contributed by atoms with Crippen LogP contribution >= 0.6 is 11.3 Å². The van der Waals surface area contributed by atoms with Gasteiger partial charge in [0.2, 0.25) is 0 Å². The molecule has 0 saturated heterocycles. The summed E-state index contributed by atoms with van der Waals surface area (Å²) in [5.74, 6) is 0.754. The molecule has 3 aromatic heterocycles. The fourth-order valence-corrected chi connectivity index (χ4v) is 4.45. The lowest BCUT2D eigenvalue weighted by Crippen LogP contribution is -2.24. The zero-order chi connectivity index (χ0) is 15.8. The van der Waals surface area contributed by atoms with Gasteiger partial charge in [-0.25, -0.2) is 4.98 Å². The van der Waals surface area contributed by atoms with Crippen LogP contribution in [0.1, 0.15) is 39.8 Å². The average Bonchev–Trinajstić information content (AvgIpc) is 3.15. The minimum atomic E-state index is 0.0223. The third-order valence-corrected chi connectivity index (χ3v) is 5.54. The Morgan fingerprint density at radius 2 is 2.39 bits per heavy atom. The lowest BCUT2D eigenvalue weighted by molar-refractivity contribution is 0.0949. The summed E-state index contributed by atoms with van der Waals surface area (Å²) in [5, 5.41) is 5.03. The number of nitrogens with one attached hydrogen (secondary N) is 1. The molecule has 0 aliphatic heterocycles. The standard InChI is InChI=1S/C18H19N3OS/c1-12-5-6-14-15(11-23-16(14)8-12)18(22)19-9-13-10-21-7-3-2-4-17(21)20-13/h2-4,7,10-12H,5-6,8-9H2,1H3,(H,19,22)/t12-/m1/s1. The van der Waals surface area contributed by atoms with E-state index in [0.717, 1.165) is 35.7 Å². The Hall–Kier alpha value is -2.14. The average molecular weight is 325 g/mol. The van der Waals surface area contributed by atoms with E-state index in [9.17, 15) is 4.79 Å². The van der Waals surface area contributed by atoms with E-state index in [4.69, 9.17) is 0 Å². The van der Waals surface area contributed by atoms with Crippen molar-refractivity contribution in [3.8, 4) is 0 Å². The Morgan fingerprint density at radius 1 is 1.48 bits per heavy atom. The van der Waals surface area contributed by atoms with Gasteiger partial charge in [0.15, 0.2) is 0 Å². The van der Waals surface area contributed by atoms with Crippen molar-refractivity contribution in [3.05, 3.63) is 57.7 Å². The van der Waals surface area contributed by atoms with Crippen LogP contribution in [0.2, 0.25) is 0 Å². The normalized spacial score (nSPS) is 17.2. The molecule has 118 valence electrons. The maximum Gasteiger partial charge on any atom is 0.252 e. The van der Waals surface area contributed by atoms with Crippen molar-refractivity contribution in [3.63, 3.8) is 0 Å². The Morgan fingerprint density at radius 3 is 3.26 bits per heavy atom. The van der Waals surface area contributed by atoms with E-state index < -0.39 is 0 Å². The molecule has 0 aromatic carbocycles. The molecule has 1 amide bonds. The summed E-state index contributed by atoms with van der Waals surface area (Å²) in [6.45, 7) is 2.74. The van der Waals surface area contributed by atoms with Crippen molar-refractivity contribution in [1.29, 1.82) is 0 Å². The van der Waals surface area contributed by atoms with Gasteiger partial charge in [-0.1, -0.05) is 13.0 Å². The highest BCUT2D eigenvalue weighted by Gasteiger charge is 2.23. The van der Waals surface area contributed by atoms with E-state index in [1.54, 1.807) is 11.3 Å². The van der Waals surface area contributed by atoms with Crippen LogP contribution in [0.5, 0.6) is 0 Å². The van der Waals surface area contributed by atoms with Crippen molar-refractivity contribution in [1.82, 2.24) is 14.7 Å². The second-order valence-corrected chi connectivity index (χ2v) is 7.24. The minimum absolute atomic E-state index is 0.0223. The molecule has 4 nitrogen and oxygen atoms in total. The molecular weight excluding hydrogens is 306 g/mol. The molecule has 0 spiro atoms. The third-order valence-electron chi connectivity index (χ3n) is 4.49. The summed E-state index contributed by atoms with van der Waals surface area (Å²) < 4.78 is 1.97. The number of hydrogen-bond donors (Lipinski definition) is 1. The zero-order valence-electron chi connectivity index (χ0n) is 13.1. The molecule has 23 heavy (non-hydrogen) atoms. The third kappa shape index (κ3) is 2.77. The Labute approximate surface area is 139 Å². The lowest BCUT2D eigenvalue weighted by Gasteiger charge is -2.18. The van der Waals surface area contributed by atoms with Gasteiger partial charge in [0.05, 0.1) is 17.8 Å². The van der Waals surface area contributed by atoms with Gasteiger partial charge in [0, 0.05) is 22.7 Å². The van der Waals surface area contributed by atoms with Crippen molar-refractivity contribution in [2.75, 3.05) is 0 Å². The molecule has 0 radical (unpaired) electrons. The fraction of sp³-hybridized carbons (Fsp3) is 0.333. The van der Waals surface area contributed by atoms with Crippen LogP contribution in [0, 0.1) is 5.92 Å². The molecule has 0 saturated carbocycles. The van der Waals surface area contributed by atoms with Gasteiger partial charge in [0.1, 0.15) is 5.65 Å². The van der Waals surface area contributed by atoms with E-state index in [0.29, 0.717) is 6.54 Å². The Bertz CT molecular complexity index is 831. The number of carbonyl (C=O) groups excluding carboxylic acids is 1. The second-order valence-electron chi connectivity index (χ2n) is 6.28. The first-order valence-corrected chi connectivity index (χ1v) is 8.88. The predicted octanol–water partition coefficient (Wildman–Crippen LogP) is 3.45. The van der Waals surface area contributed by atoms with Crippen LogP contribution in [0.3, 0.4) is 0 Å². The van der Waals surface area contributed by atoms with E-state index in [-0.39, 0.29) is 5.91 Å². The highest BCUT2D eigenvalue weighted by Crippen LogP contribution is 2.32. The maximum absolute atomic E-state index is 12.5. The first-order chi connectivity index (χ1) is 11.2. The summed E-state index contributed by atoms with van der Waals surface area (Å²) in [6, 6.07) is 5.89. The molecule has 5 heteroatoms. The molecule has 1 aliphatic carbocycles. The number of aromatic nitrogens is 2. The van der Waals surface area contributed by atoms with Gasteiger partial charge in [-0.05, 0) is 42.9 Å². The van der Waals surface area contributed by atoms with Gasteiger partial charge >= 0.3 is 0 Å². The molecule has 4 rings (SSSR count). The molecule has 3 heterocycles. The van der Waals surface area contributed by atoms with Crippen LogP contribution < -0.4 is 5.32 Å². The summed E-state index contributed by atoms with van der Waals surface area (Å²) >= 11 is 1.73. The van der Waals surface area contributed by atoms with Crippen LogP contribution in [0.25, 0.3) is 5.65 Å². The van der Waals surface area contributed by atoms with E-state index in [2.05, 4.69) is 17.2 Å². The SMILES string of the molecule is C[C@@H]1CCc2c(C(=O)NCc3cn4ccccc4n3)csc2C1. The molecule has 0 fully saturated rings. The highest BCUT2D eigenvalue weighted by molar-refractivity contribution is 7.10. The smallest absolute Gasteiger partial charge is 0.252 e. The zero-order valence-corrected chi connectivity index (χ0v) is 13.9. The number of thiophene rings is 1. The van der Waals surface area contributed by atoms with Gasteiger partial charge in [-0.2, -0.15) is 0 Å². The van der Waals surface area contributed by atoms with Gasteiger partial charge in [0.25, 0.3) is 5.91 Å². The molecular formula is C18H19N3OS. The van der Waals surface area contributed by atoms with Crippen molar-refractivity contribution in [2.45, 2.75) is 32.7 Å². The molecule has 1 aliphatic rings. The van der Waals surface area contributed by atoms with E-state index in [1.165, 1.54) is 16.9 Å². The van der Waals surface area contributed by atoms with Crippen molar-refractivity contribution >= 4 is 22.9 Å². The number of amides is 1. The maximum atomic E-state index is 12.5. The van der Waals surface area contributed by atoms with Crippen molar-refractivity contribution < 1.29 is 4.79 Å². The number of nitrogens with zero attached hydrogens (tertiary/aromatic N) is 2. The molecule has 0 unspecified atom stereocenters. The largest absolute Gasteiger partial charge is 0.346 e. The summed E-state index contributed by atoms with van der Waals surface area (Å²) in [7, 11) is 0. The van der Waals surface area contributed by atoms with E-state index >= 15 is 0 Å².